The van der Waals surface area contributed by atoms with Crippen LogP contribution in [0.4, 0.5) is 0 Å². The summed E-state index contributed by atoms with van der Waals surface area (Å²) in [5.74, 6) is 0. The molecule has 0 saturated carbocycles. The van der Waals surface area contributed by atoms with Gasteiger partial charge in [-0.15, -0.1) is 0 Å². The summed E-state index contributed by atoms with van der Waals surface area (Å²) >= 11 is 1.89. The molecular formula is C54H32N2S. The Hall–Kier alpha value is -7.07. The van der Waals surface area contributed by atoms with Gasteiger partial charge in [-0.2, -0.15) is 0 Å². The second kappa shape index (κ2) is 11.7. The Morgan fingerprint density at radius 3 is 1.81 bits per heavy atom. The molecule has 0 spiro atoms. The predicted molar refractivity (Wildman–Crippen MR) is 243 cm³/mol. The van der Waals surface area contributed by atoms with Gasteiger partial charge in [-0.3, -0.25) is 0 Å². The van der Waals surface area contributed by atoms with Crippen LogP contribution >= 0.6 is 11.8 Å². The molecule has 0 unspecified atom stereocenters. The molecule has 1 aliphatic heterocycles. The van der Waals surface area contributed by atoms with Gasteiger partial charge in [0.05, 0.1) is 27.8 Å². The number of benzene rings is 10. The van der Waals surface area contributed by atoms with E-state index in [4.69, 9.17) is 0 Å². The highest BCUT2D eigenvalue weighted by molar-refractivity contribution is 7.99. The van der Waals surface area contributed by atoms with Crippen molar-refractivity contribution in [3.8, 4) is 33.6 Å². The first-order valence-electron chi connectivity index (χ1n) is 19.6. The normalized spacial score (nSPS) is 12.5. The second-order valence-corrected chi connectivity index (χ2v) is 16.3. The first-order valence-corrected chi connectivity index (χ1v) is 20.4. The maximum absolute atomic E-state index is 2.47. The molecule has 264 valence electrons. The number of fused-ring (bicyclic) bond motifs is 12. The van der Waals surface area contributed by atoms with Crippen molar-refractivity contribution in [3.63, 3.8) is 0 Å². The highest BCUT2D eigenvalue weighted by Gasteiger charge is 2.24. The Morgan fingerprint density at radius 2 is 0.947 bits per heavy atom. The molecule has 2 nitrogen and oxygen atoms in total. The van der Waals surface area contributed by atoms with Gasteiger partial charge >= 0.3 is 0 Å². The van der Waals surface area contributed by atoms with E-state index in [0.29, 0.717) is 0 Å². The van der Waals surface area contributed by atoms with Crippen LogP contribution in [0.15, 0.2) is 204 Å². The summed E-state index contributed by atoms with van der Waals surface area (Å²) in [4.78, 5) is 2.63. The van der Waals surface area contributed by atoms with Crippen LogP contribution in [0.5, 0.6) is 0 Å². The first-order chi connectivity index (χ1) is 28.3. The Morgan fingerprint density at radius 1 is 0.316 bits per heavy atom. The minimum Gasteiger partial charge on any atom is -0.309 e. The maximum Gasteiger partial charge on any atom is 0.0558 e. The van der Waals surface area contributed by atoms with Crippen LogP contribution in [0.2, 0.25) is 0 Å². The van der Waals surface area contributed by atoms with Crippen molar-refractivity contribution in [2.24, 2.45) is 0 Å². The van der Waals surface area contributed by atoms with E-state index in [2.05, 4.69) is 203 Å². The van der Waals surface area contributed by atoms with Gasteiger partial charge in [0.2, 0.25) is 0 Å². The van der Waals surface area contributed by atoms with Crippen LogP contribution < -0.4 is 0 Å². The zero-order valence-corrected chi connectivity index (χ0v) is 31.6. The number of nitrogens with zero attached hydrogens (tertiary/aromatic N) is 2. The molecule has 3 heterocycles. The van der Waals surface area contributed by atoms with Crippen LogP contribution in [0, 0.1) is 0 Å². The fourth-order valence-electron chi connectivity index (χ4n) is 9.82. The highest BCUT2D eigenvalue weighted by atomic mass is 32.2. The van der Waals surface area contributed by atoms with Gasteiger partial charge < -0.3 is 9.13 Å². The SMILES string of the molecule is c1ccc(-n2c3ccc(-c4ccc5c(c4)c4ccccc4n5-c4cc5ccccc5c5ccccc45)cc3c3c4cccc5c4c(cc32)Sc2ccccc2-5)cc1. The van der Waals surface area contributed by atoms with E-state index in [1.165, 1.54) is 119 Å². The zero-order chi connectivity index (χ0) is 37.2. The summed E-state index contributed by atoms with van der Waals surface area (Å²) in [5.41, 5.74) is 12.3. The van der Waals surface area contributed by atoms with Crippen molar-refractivity contribution >= 4 is 87.7 Å². The molecule has 0 aliphatic carbocycles. The lowest BCUT2D eigenvalue weighted by Crippen LogP contribution is -1.96. The van der Waals surface area contributed by atoms with Crippen LogP contribution in [0.1, 0.15) is 0 Å². The molecule has 0 saturated heterocycles. The summed E-state index contributed by atoms with van der Waals surface area (Å²) in [5, 5.41) is 12.8. The van der Waals surface area contributed by atoms with E-state index in [0.717, 1.165) is 0 Å². The molecule has 13 rings (SSSR count). The smallest absolute Gasteiger partial charge is 0.0558 e. The van der Waals surface area contributed by atoms with E-state index in [-0.39, 0.29) is 0 Å². The van der Waals surface area contributed by atoms with Crippen molar-refractivity contribution in [2.75, 3.05) is 0 Å². The fraction of sp³-hybridized carbons (Fsp3) is 0. The van der Waals surface area contributed by atoms with E-state index in [1.807, 2.05) is 11.8 Å². The average molecular weight is 741 g/mol. The van der Waals surface area contributed by atoms with Crippen molar-refractivity contribution in [1.29, 1.82) is 0 Å². The molecule has 1 aliphatic rings. The summed E-state index contributed by atoms with van der Waals surface area (Å²) in [6, 6.07) is 71.9. The van der Waals surface area contributed by atoms with Crippen molar-refractivity contribution in [1.82, 2.24) is 9.13 Å². The summed E-state index contributed by atoms with van der Waals surface area (Å²) in [7, 11) is 0. The molecule has 12 aromatic rings. The van der Waals surface area contributed by atoms with Crippen molar-refractivity contribution < 1.29 is 0 Å². The van der Waals surface area contributed by atoms with E-state index >= 15 is 0 Å². The summed E-state index contributed by atoms with van der Waals surface area (Å²) in [6.45, 7) is 0. The topological polar surface area (TPSA) is 9.86 Å². The fourth-order valence-corrected chi connectivity index (χ4v) is 11.0. The first kappa shape index (κ1) is 31.2. The van der Waals surface area contributed by atoms with Gasteiger partial charge in [0, 0.05) is 47.8 Å². The third kappa shape index (κ3) is 4.38. The monoisotopic (exact) mass is 740 g/mol. The highest BCUT2D eigenvalue weighted by Crippen LogP contribution is 2.51. The molecule has 57 heavy (non-hydrogen) atoms. The van der Waals surface area contributed by atoms with Crippen LogP contribution in [0.25, 0.3) is 110 Å². The Kier molecular flexibility index (Phi) is 6.41. The Balaban J connectivity index is 1.07. The molecule has 0 atom stereocenters. The number of hydrogen-bond acceptors (Lipinski definition) is 1. The zero-order valence-electron chi connectivity index (χ0n) is 30.8. The minimum absolute atomic E-state index is 1.17. The number of aromatic nitrogens is 2. The molecule has 0 radical (unpaired) electrons. The minimum atomic E-state index is 1.17. The van der Waals surface area contributed by atoms with Crippen molar-refractivity contribution in [2.45, 2.75) is 9.79 Å². The lowest BCUT2D eigenvalue weighted by Gasteiger charge is -2.21. The van der Waals surface area contributed by atoms with Gasteiger partial charge in [-0.25, -0.2) is 0 Å². The summed E-state index contributed by atoms with van der Waals surface area (Å²) < 4.78 is 4.93. The van der Waals surface area contributed by atoms with Gasteiger partial charge in [0.1, 0.15) is 0 Å². The standard InChI is InChI=1S/C54H32N2S/c1-2-14-36(15-3-1)55-48-28-26-34(30-45(48)53-43-22-12-21-42-41-20-9-11-24-51(41)57-52(54(42)43)32-50(53)55)33-25-27-47-44(29-33)40-19-8-10-23-46(40)56(47)49-31-35-13-4-5-16-37(35)38-17-6-7-18-39(38)49/h1-32H. The molecule has 10 aromatic carbocycles. The second-order valence-electron chi connectivity index (χ2n) is 15.2. The van der Waals surface area contributed by atoms with Crippen LogP contribution in [-0.4, -0.2) is 9.13 Å². The predicted octanol–water partition coefficient (Wildman–Crippen LogP) is 15.1. The molecule has 0 amide bonds. The van der Waals surface area contributed by atoms with Gasteiger partial charge in [0.15, 0.2) is 0 Å². The molecule has 2 aromatic heterocycles. The molecule has 3 heteroatoms. The van der Waals surface area contributed by atoms with Crippen molar-refractivity contribution in [3.05, 3.63) is 194 Å². The Bertz CT molecular complexity index is 3660. The van der Waals surface area contributed by atoms with E-state index in [9.17, 15) is 0 Å². The van der Waals surface area contributed by atoms with Crippen LogP contribution in [0.3, 0.4) is 0 Å². The molecular weight excluding hydrogens is 709 g/mol. The van der Waals surface area contributed by atoms with Gasteiger partial charge in [-0.05, 0) is 104 Å². The third-order valence-corrected chi connectivity index (χ3v) is 13.4. The number of rotatable bonds is 3. The largest absolute Gasteiger partial charge is 0.309 e. The average Bonchev–Trinajstić information content (AvgIpc) is 3.78. The quantitative estimate of drug-likeness (QED) is 0.164. The Labute approximate surface area is 332 Å². The van der Waals surface area contributed by atoms with E-state index < -0.39 is 0 Å². The van der Waals surface area contributed by atoms with Crippen LogP contribution in [-0.2, 0) is 0 Å². The van der Waals surface area contributed by atoms with E-state index in [1.54, 1.807) is 0 Å². The summed E-state index contributed by atoms with van der Waals surface area (Å²) in [6.07, 6.45) is 0. The number of hydrogen-bond donors (Lipinski definition) is 0. The lowest BCUT2D eigenvalue weighted by molar-refractivity contribution is 1.18. The van der Waals surface area contributed by atoms with Gasteiger partial charge in [0.25, 0.3) is 0 Å². The molecule has 0 fully saturated rings. The third-order valence-electron chi connectivity index (χ3n) is 12.3. The number of para-hydroxylation sites is 2. The van der Waals surface area contributed by atoms with Gasteiger partial charge in [-0.1, -0.05) is 145 Å². The molecule has 0 N–H and O–H groups in total. The molecule has 0 bridgehead atoms. The lowest BCUT2D eigenvalue weighted by atomic mass is 9.94. The maximum atomic E-state index is 2.47.